The zero-order valence-corrected chi connectivity index (χ0v) is 17.9. The van der Waals surface area contributed by atoms with E-state index in [0.717, 1.165) is 0 Å². The van der Waals surface area contributed by atoms with Gasteiger partial charge in [-0.25, -0.2) is 17.9 Å². The van der Waals surface area contributed by atoms with E-state index >= 15 is 0 Å². The van der Waals surface area contributed by atoms with E-state index in [1.54, 1.807) is 19.1 Å². The van der Waals surface area contributed by atoms with Crippen molar-refractivity contribution in [3.63, 3.8) is 0 Å². The summed E-state index contributed by atoms with van der Waals surface area (Å²) in [5.74, 6) is -0.104. The predicted octanol–water partition coefficient (Wildman–Crippen LogP) is -0.595. The van der Waals surface area contributed by atoms with Gasteiger partial charge in [-0.05, 0) is 37.8 Å². The molecule has 0 radical (unpaired) electrons. The van der Waals surface area contributed by atoms with Crippen molar-refractivity contribution in [3.8, 4) is 0 Å². The molecule has 170 valence electrons. The molecule has 0 amide bonds. The average Bonchev–Trinajstić information content (AvgIpc) is 3.25. The lowest BCUT2D eigenvalue weighted by molar-refractivity contribution is -0.153. The highest BCUT2D eigenvalue weighted by Gasteiger charge is 2.54. The molecule has 0 aliphatic carbocycles. The van der Waals surface area contributed by atoms with Gasteiger partial charge in [-0.2, -0.15) is 5.10 Å². The molecule has 2 aliphatic heterocycles. The summed E-state index contributed by atoms with van der Waals surface area (Å²) in [6.07, 6.45) is -1.27. The van der Waals surface area contributed by atoms with Gasteiger partial charge < -0.3 is 25.4 Å². The maximum Gasteiger partial charge on any atom is 0.306 e. The summed E-state index contributed by atoms with van der Waals surface area (Å²) in [5.41, 5.74) is 5.55. The fourth-order valence-electron chi connectivity index (χ4n) is 4.27. The fourth-order valence-corrected chi connectivity index (χ4v) is 5.86. The SMILES string of the molecule is C[C@@]1(c2ccc3c(N)ncnn23)O[C@H](COC(=O)CC2CCS(=O)(=O)CC2)[C@@H](O)[C@H]1O. The molecule has 4 rings (SSSR count). The second-order valence-electron chi connectivity index (χ2n) is 8.34. The van der Waals surface area contributed by atoms with Crippen molar-refractivity contribution in [2.75, 3.05) is 23.8 Å². The van der Waals surface area contributed by atoms with Crippen molar-refractivity contribution in [2.24, 2.45) is 5.92 Å². The molecule has 0 aromatic carbocycles. The summed E-state index contributed by atoms with van der Waals surface area (Å²) in [4.78, 5) is 16.1. The Morgan fingerprint density at radius 3 is 2.77 bits per heavy atom. The Kier molecular flexibility index (Phi) is 5.66. The number of rotatable bonds is 5. The summed E-state index contributed by atoms with van der Waals surface area (Å²) in [6, 6.07) is 3.37. The van der Waals surface area contributed by atoms with Crippen LogP contribution in [0.4, 0.5) is 5.82 Å². The molecule has 0 saturated carbocycles. The van der Waals surface area contributed by atoms with E-state index in [9.17, 15) is 23.4 Å². The van der Waals surface area contributed by atoms with Gasteiger partial charge in [-0.1, -0.05) is 0 Å². The number of nitrogens with zero attached hydrogens (tertiary/aromatic N) is 3. The molecule has 11 nitrogen and oxygen atoms in total. The van der Waals surface area contributed by atoms with Crippen molar-refractivity contribution in [1.82, 2.24) is 14.6 Å². The van der Waals surface area contributed by atoms with E-state index < -0.39 is 39.7 Å². The van der Waals surface area contributed by atoms with Gasteiger partial charge in [0.25, 0.3) is 0 Å². The number of esters is 1. The third-order valence-electron chi connectivity index (χ3n) is 6.19. The maximum atomic E-state index is 12.2. The lowest BCUT2D eigenvalue weighted by atomic mass is 9.93. The van der Waals surface area contributed by atoms with Crippen LogP contribution in [0.5, 0.6) is 0 Å². The Balaban J connectivity index is 1.40. The third-order valence-corrected chi connectivity index (χ3v) is 7.91. The maximum absolute atomic E-state index is 12.2. The van der Waals surface area contributed by atoms with Crippen LogP contribution in [0.1, 0.15) is 31.9 Å². The largest absolute Gasteiger partial charge is 0.463 e. The van der Waals surface area contributed by atoms with E-state index in [2.05, 4.69) is 10.1 Å². The Morgan fingerprint density at radius 2 is 2.06 bits per heavy atom. The van der Waals surface area contributed by atoms with Crippen LogP contribution >= 0.6 is 0 Å². The van der Waals surface area contributed by atoms with E-state index in [-0.39, 0.29) is 36.3 Å². The molecule has 0 bridgehead atoms. The van der Waals surface area contributed by atoms with Crippen molar-refractivity contribution >= 4 is 27.1 Å². The normalized spacial score (nSPS) is 31.1. The van der Waals surface area contributed by atoms with Gasteiger partial charge in [0, 0.05) is 6.42 Å². The zero-order chi connectivity index (χ0) is 22.4. The second kappa shape index (κ2) is 8.01. The monoisotopic (exact) mass is 454 g/mol. The van der Waals surface area contributed by atoms with Gasteiger partial charge in [0.2, 0.25) is 0 Å². The molecule has 4 atom stereocenters. The van der Waals surface area contributed by atoms with Crippen molar-refractivity contribution in [3.05, 3.63) is 24.2 Å². The van der Waals surface area contributed by atoms with Crippen LogP contribution in [0.15, 0.2) is 18.5 Å². The zero-order valence-electron chi connectivity index (χ0n) is 17.0. The number of fused-ring (bicyclic) bond motifs is 1. The number of carbonyl (C=O) groups is 1. The molecular formula is C19H26N4O7S. The number of ether oxygens (including phenoxy) is 2. The van der Waals surface area contributed by atoms with E-state index in [1.165, 1.54) is 10.8 Å². The molecule has 2 aromatic heterocycles. The average molecular weight is 455 g/mol. The summed E-state index contributed by atoms with van der Waals surface area (Å²) in [5, 5.41) is 25.4. The molecule has 2 saturated heterocycles. The number of hydrogen-bond acceptors (Lipinski definition) is 10. The first-order valence-corrected chi connectivity index (χ1v) is 11.9. The first kappa shape index (κ1) is 21.9. The van der Waals surface area contributed by atoms with E-state index in [0.29, 0.717) is 24.1 Å². The summed E-state index contributed by atoms with van der Waals surface area (Å²) >= 11 is 0. The summed E-state index contributed by atoms with van der Waals surface area (Å²) in [6.45, 7) is 1.38. The van der Waals surface area contributed by atoms with Crippen molar-refractivity contribution in [1.29, 1.82) is 0 Å². The molecule has 4 heterocycles. The van der Waals surface area contributed by atoms with E-state index in [1.807, 2.05) is 0 Å². The van der Waals surface area contributed by atoms with Crippen molar-refractivity contribution in [2.45, 2.75) is 50.1 Å². The minimum atomic E-state index is -3.00. The Bertz CT molecular complexity index is 1070. The van der Waals surface area contributed by atoms with Gasteiger partial charge in [-0.15, -0.1) is 0 Å². The van der Waals surface area contributed by atoms with Crippen LogP contribution in [0.25, 0.3) is 5.52 Å². The van der Waals surface area contributed by atoms with Crippen LogP contribution < -0.4 is 5.73 Å². The van der Waals surface area contributed by atoms with Crippen LogP contribution in [0.2, 0.25) is 0 Å². The molecule has 0 unspecified atom stereocenters. The van der Waals surface area contributed by atoms with Gasteiger partial charge >= 0.3 is 5.97 Å². The highest BCUT2D eigenvalue weighted by molar-refractivity contribution is 7.91. The van der Waals surface area contributed by atoms with Gasteiger partial charge in [0.05, 0.1) is 17.2 Å². The molecule has 12 heteroatoms. The lowest BCUT2D eigenvalue weighted by Gasteiger charge is -2.27. The number of carbonyl (C=O) groups excluding carboxylic acids is 1. The standard InChI is InChI=1S/C19H26N4O7S/c1-19(14-3-2-12-18(20)21-10-22-23(12)14)17(26)16(25)13(30-19)9-29-15(24)8-11-4-6-31(27,28)7-5-11/h2-3,10-11,13,16-17,25-26H,4-9H2,1H3,(H2,20,21,22)/t13-,16-,17-,19+/m1/s1. The number of nitrogen functional groups attached to an aromatic ring is 1. The lowest BCUT2D eigenvalue weighted by Crippen LogP contribution is -2.39. The number of anilines is 1. The smallest absolute Gasteiger partial charge is 0.306 e. The molecule has 2 aromatic rings. The quantitative estimate of drug-likeness (QED) is 0.497. The van der Waals surface area contributed by atoms with Gasteiger partial charge in [0.1, 0.15) is 52.2 Å². The Labute approximate surface area is 179 Å². The number of nitrogens with two attached hydrogens (primary N) is 1. The predicted molar refractivity (Wildman–Crippen MR) is 109 cm³/mol. The van der Waals surface area contributed by atoms with Crippen LogP contribution in [0, 0.1) is 5.92 Å². The number of hydrogen-bond donors (Lipinski definition) is 3. The molecule has 2 aliphatic rings. The fraction of sp³-hybridized carbons (Fsp3) is 0.632. The summed E-state index contributed by atoms with van der Waals surface area (Å²) in [7, 11) is -3.00. The molecule has 0 spiro atoms. The van der Waals surface area contributed by atoms with Crippen LogP contribution in [0.3, 0.4) is 0 Å². The minimum Gasteiger partial charge on any atom is -0.463 e. The highest BCUT2D eigenvalue weighted by Crippen LogP contribution is 2.40. The van der Waals surface area contributed by atoms with Crippen LogP contribution in [-0.2, 0) is 29.7 Å². The Hall–Kier alpha value is -2.28. The number of aliphatic hydroxyl groups is 2. The number of aromatic nitrogens is 3. The first-order chi connectivity index (χ1) is 14.6. The molecule has 2 fully saturated rings. The number of aliphatic hydroxyl groups excluding tert-OH is 2. The minimum absolute atomic E-state index is 0.0430. The number of sulfone groups is 1. The van der Waals surface area contributed by atoms with Crippen molar-refractivity contribution < 1.29 is 32.9 Å². The Morgan fingerprint density at radius 1 is 1.35 bits per heavy atom. The van der Waals surface area contributed by atoms with Crippen LogP contribution in [-0.4, -0.2) is 75.6 Å². The van der Waals surface area contributed by atoms with E-state index in [4.69, 9.17) is 15.2 Å². The first-order valence-electron chi connectivity index (χ1n) is 10.1. The second-order valence-corrected chi connectivity index (χ2v) is 10.6. The summed E-state index contributed by atoms with van der Waals surface area (Å²) < 4.78 is 35.7. The molecule has 4 N–H and O–H groups in total. The van der Waals surface area contributed by atoms with Gasteiger partial charge in [0.15, 0.2) is 5.82 Å². The highest BCUT2D eigenvalue weighted by atomic mass is 32.2. The molecular weight excluding hydrogens is 428 g/mol. The third kappa shape index (κ3) is 4.12. The topological polar surface area (TPSA) is 166 Å². The molecule has 31 heavy (non-hydrogen) atoms. The van der Waals surface area contributed by atoms with Gasteiger partial charge in [-0.3, -0.25) is 4.79 Å².